The van der Waals surface area contributed by atoms with Crippen LogP contribution < -0.4 is 5.32 Å². The lowest BCUT2D eigenvalue weighted by Gasteiger charge is -2.03. The van der Waals surface area contributed by atoms with Gasteiger partial charge in [-0.25, -0.2) is 0 Å². The molecular formula is C16H20BrNO. The van der Waals surface area contributed by atoms with Crippen molar-refractivity contribution in [1.82, 2.24) is 5.32 Å². The van der Waals surface area contributed by atoms with Crippen molar-refractivity contribution in [3.05, 3.63) is 33.5 Å². The fraction of sp³-hybridized carbons (Fsp3) is 0.500. The summed E-state index contributed by atoms with van der Waals surface area (Å²) in [5.74, 6) is 1.12. The van der Waals surface area contributed by atoms with E-state index in [1.807, 2.05) is 0 Å². The van der Waals surface area contributed by atoms with E-state index in [4.69, 9.17) is 4.42 Å². The number of hydrogen-bond acceptors (Lipinski definition) is 2. The summed E-state index contributed by atoms with van der Waals surface area (Å²) in [5, 5.41) is 4.84. The molecule has 1 fully saturated rings. The van der Waals surface area contributed by atoms with E-state index in [0.717, 1.165) is 35.2 Å². The van der Waals surface area contributed by atoms with Gasteiger partial charge in [0.15, 0.2) is 0 Å². The van der Waals surface area contributed by atoms with Crippen molar-refractivity contribution in [3.8, 4) is 0 Å². The number of nitrogens with one attached hydrogen (secondary N) is 1. The lowest BCUT2D eigenvalue weighted by atomic mass is 10.0. The number of fused-ring (bicyclic) bond motifs is 1. The van der Waals surface area contributed by atoms with Gasteiger partial charge in [-0.15, -0.1) is 0 Å². The molecule has 1 N–H and O–H groups in total. The Morgan fingerprint density at radius 1 is 1.37 bits per heavy atom. The normalized spacial score (nSPS) is 15.3. The number of furan rings is 1. The third-order valence-electron chi connectivity index (χ3n) is 3.80. The molecule has 1 saturated carbocycles. The second-order valence-electron chi connectivity index (χ2n) is 5.48. The van der Waals surface area contributed by atoms with Crippen molar-refractivity contribution < 1.29 is 4.42 Å². The Hall–Kier alpha value is -0.800. The van der Waals surface area contributed by atoms with Crippen molar-refractivity contribution in [1.29, 1.82) is 0 Å². The Morgan fingerprint density at radius 2 is 2.16 bits per heavy atom. The van der Waals surface area contributed by atoms with E-state index < -0.39 is 0 Å². The van der Waals surface area contributed by atoms with Gasteiger partial charge in [-0.3, -0.25) is 0 Å². The van der Waals surface area contributed by atoms with Crippen LogP contribution in [0.4, 0.5) is 0 Å². The lowest BCUT2D eigenvalue weighted by Crippen LogP contribution is -2.15. The van der Waals surface area contributed by atoms with E-state index in [1.165, 1.54) is 29.4 Å². The topological polar surface area (TPSA) is 25.2 Å². The summed E-state index contributed by atoms with van der Waals surface area (Å²) in [7, 11) is 0. The molecule has 1 heterocycles. The van der Waals surface area contributed by atoms with E-state index in [2.05, 4.69) is 47.2 Å². The van der Waals surface area contributed by atoms with Crippen LogP contribution in [0.25, 0.3) is 11.0 Å². The van der Waals surface area contributed by atoms with Gasteiger partial charge in [0.1, 0.15) is 11.3 Å². The van der Waals surface area contributed by atoms with E-state index in [-0.39, 0.29) is 0 Å². The van der Waals surface area contributed by atoms with Gasteiger partial charge >= 0.3 is 0 Å². The van der Waals surface area contributed by atoms with Crippen LogP contribution in [0.1, 0.15) is 43.1 Å². The Kier molecular flexibility index (Phi) is 3.68. The molecule has 1 aromatic carbocycles. The Bertz CT molecular complexity index is 598. The summed E-state index contributed by atoms with van der Waals surface area (Å²) in [6.07, 6.45) is 4.85. The molecule has 0 aliphatic heterocycles. The van der Waals surface area contributed by atoms with Crippen LogP contribution in [-0.2, 0) is 13.0 Å². The number of rotatable bonds is 5. The first-order chi connectivity index (χ1) is 9.20. The standard InChI is InChI=1S/C16H20BrNO/c1-3-4-12-14(9-18-11-6-7-11)19-16-10(2)5-8-13(17)15(12)16/h5,8,11,18H,3-4,6-7,9H2,1-2H3. The summed E-state index contributed by atoms with van der Waals surface area (Å²) in [6.45, 7) is 5.20. The minimum Gasteiger partial charge on any atom is -0.459 e. The van der Waals surface area contributed by atoms with Gasteiger partial charge in [0.05, 0.1) is 6.54 Å². The maximum Gasteiger partial charge on any atom is 0.138 e. The molecule has 1 aliphatic rings. The third kappa shape index (κ3) is 2.59. The van der Waals surface area contributed by atoms with Crippen LogP contribution in [0.15, 0.2) is 21.0 Å². The van der Waals surface area contributed by atoms with Crippen LogP contribution in [0.2, 0.25) is 0 Å². The molecular weight excluding hydrogens is 302 g/mol. The summed E-state index contributed by atoms with van der Waals surface area (Å²) in [5.41, 5.74) is 3.64. The van der Waals surface area contributed by atoms with Gasteiger partial charge in [0, 0.05) is 21.5 Å². The van der Waals surface area contributed by atoms with Crippen LogP contribution in [0.5, 0.6) is 0 Å². The molecule has 0 spiro atoms. The van der Waals surface area contributed by atoms with E-state index in [1.54, 1.807) is 0 Å². The van der Waals surface area contributed by atoms with Crippen molar-refractivity contribution in [2.24, 2.45) is 0 Å². The van der Waals surface area contributed by atoms with Crippen LogP contribution >= 0.6 is 15.9 Å². The Morgan fingerprint density at radius 3 is 2.84 bits per heavy atom. The largest absolute Gasteiger partial charge is 0.459 e. The number of hydrogen-bond donors (Lipinski definition) is 1. The molecule has 1 aromatic heterocycles. The first-order valence-electron chi connectivity index (χ1n) is 7.13. The summed E-state index contributed by atoms with van der Waals surface area (Å²) < 4.78 is 7.30. The lowest BCUT2D eigenvalue weighted by molar-refractivity contribution is 0.504. The highest BCUT2D eigenvalue weighted by Gasteiger charge is 2.23. The predicted molar refractivity (Wildman–Crippen MR) is 82.5 cm³/mol. The summed E-state index contributed by atoms with van der Waals surface area (Å²) in [6, 6.07) is 4.96. The van der Waals surface area contributed by atoms with E-state index >= 15 is 0 Å². The fourth-order valence-electron chi connectivity index (χ4n) is 2.58. The monoisotopic (exact) mass is 321 g/mol. The Labute approximate surface area is 122 Å². The van der Waals surface area contributed by atoms with E-state index in [0.29, 0.717) is 6.04 Å². The molecule has 0 unspecified atom stereocenters. The molecule has 102 valence electrons. The highest BCUT2D eigenvalue weighted by molar-refractivity contribution is 9.10. The van der Waals surface area contributed by atoms with Crippen molar-refractivity contribution in [3.63, 3.8) is 0 Å². The molecule has 0 atom stereocenters. The molecule has 0 amide bonds. The molecule has 0 saturated heterocycles. The van der Waals surface area contributed by atoms with Crippen molar-refractivity contribution >= 4 is 26.9 Å². The zero-order chi connectivity index (χ0) is 13.4. The molecule has 2 aromatic rings. The van der Waals surface area contributed by atoms with Gasteiger partial charge in [0.25, 0.3) is 0 Å². The minimum absolute atomic E-state index is 0.715. The first-order valence-corrected chi connectivity index (χ1v) is 7.92. The Balaban J connectivity index is 2.05. The molecule has 3 rings (SSSR count). The maximum atomic E-state index is 6.15. The van der Waals surface area contributed by atoms with Gasteiger partial charge in [-0.1, -0.05) is 35.3 Å². The van der Waals surface area contributed by atoms with Gasteiger partial charge in [-0.05, 0) is 37.8 Å². The molecule has 1 aliphatic carbocycles. The SMILES string of the molecule is CCCc1c(CNC2CC2)oc2c(C)ccc(Br)c12. The average Bonchev–Trinajstić information content (AvgIpc) is 3.15. The molecule has 19 heavy (non-hydrogen) atoms. The molecule has 2 nitrogen and oxygen atoms in total. The van der Waals surface area contributed by atoms with Gasteiger partial charge < -0.3 is 9.73 Å². The third-order valence-corrected chi connectivity index (χ3v) is 4.46. The maximum absolute atomic E-state index is 6.15. The van der Waals surface area contributed by atoms with Crippen molar-refractivity contribution in [2.75, 3.05) is 0 Å². The second-order valence-corrected chi connectivity index (χ2v) is 6.33. The highest BCUT2D eigenvalue weighted by Crippen LogP contribution is 2.35. The predicted octanol–water partition coefficient (Wildman–Crippen LogP) is 4.71. The molecule has 0 bridgehead atoms. The minimum atomic E-state index is 0.715. The number of aryl methyl sites for hydroxylation is 2. The summed E-state index contributed by atoms with van der Waals surface area (Å²) >= 11 is 3.68. The number of benzene rings is 1. The number of halogens is 1. The summed E-state index contributed by atoms with van der Waals surface area (Å²) in [4.78, 5) is 0. The average molecular weight is 322 g/mol. The zero-order valence-electron chi connectivity index (χ0n) is 11.6. The molecule has 0 radical (unpaired) electrons. The fourth-order valence-corrected chi connectivity index (χ4v) is 3.13. The molecule has 3 heteroatoms. The van der Waals surface area contributed by atoms with Crippen LogP contribution in [0, 0.1) is 6.92 Å². The van der Waals surface area contributed by atoms with Gasteiger partial charge in [-0.2, -0.15) is 0 Å². The van der Waals surface area contributed by atoms with Crippen molar-refractivity contribution in [2.45, 2.75) is 52.1 Å². The second kappa shape index (κ2) is 5.29. The van der Waals surface area contributed by atoms with Crippen LogP contribution in [-0.4, -0.2) is 6.04 Å². The first kappa shape index (κ1) is 13.2. The smallest absolute Gasteiger partial charge is 0.138 e. The van der Waals surface area contributed by atoms with E-state index in [9.17, 15) is 0 Å². The van der Waals surface area contributed by atoms with Crippen LogP contribution in [0.3, 0.4) is 0 Å². The highest BCUT2D eigenvalue weighted by atomic mass is 79.9. The zero-order valence-corrected chi connectivity index (χ0v) is 13.1. The van der Waals surface area contributed by atoms with Gasteiger partial charge in [0.2, 0.25) is 0 Å². The quantitative estimate of drug-likeness (QED) is 0.862.